The summed E-state index contributed by atoms with van der Waals surface area (Å²) >= 11 is 0. The van der Waals surface area contributed by atoms with Gasteiger partial charge in [-0.25, -0.2) is 0 Å². The fourth-order valence-electron chi connectivity index (χ4n) is 2.51. The molecule has 0 radical (unpaired) electrons. The molecule has 1 aliphatic heterocycles. The predicted molar refractivity (Wildman–Crippen MR) is 83.0 cm³/mol. The van der Waals surface area contributed by atoms with E-state index in [1.54, 1.807) is 0 Å². The molecule has 21 heavy (non-hydrogen) atoms. The van der Waals surface area contributed by atoms with Gasteiger partial charge in [-0.2, -0.15) is 0 Å². The topological polar surface area (TPSA) is 38.8 Å². The molecule has 0 aliphatic carbocycles. The van der Waals surface area contributed by atoms with Crippen molar-refractivity contribution >= 4 is 5.78 Å². The van der Waals surface area contributed by atoms with Crippen molar-refractivity contribution < 1.29 is 14.3 Å². The molecule has 0 spiro atoms. The Morgan fingerprint density at radius 2 is 2.19 bits per heavy atom. The summed E-state index contributed by atoms with van der Waals surface area (Å²) in [5.74, 6) is 0.772. The number of benzene rings is 1. The second-order valence-electron chi connectivity index (χ2n) is 5.67. The van der Waals surface area contributed by atoms with E-state index < -0.39 is 0 Å². The Labute approximate surface area is 127 Å². The van der Waals surface area contributed by atoms with Crippen molar-refractivity contribution in [2.24, 2.45) is 0 Å². The Morgan fingerprint density at radius 1 is 1.43 bits per heavy atom. The second kappa shape index (κ2) is 7.57. The number of ketones is 1. The van der Waals surface area contributed by atoms with E-state index in [2.05, 4.69) is 18.7 Å². The summed E-state index contributed by atoms with van der Waals surface area (Å²) in [5.41, 5.74) is 0.663. The maximum atomic E-state index is 11.9. The van der Waals surface area contributed by atoms with Crippen LogP contribution in [0.2, 0.25) is 0 Å². The summed E-state index contributed by atoms with van der Waals surface area (Å²) in [6, 6.07) is 7.96. The van der Waals surface area contributed by atoms with Gasteiger partial charge in [0.1, 0.15) is 18.5 Å². The first-order valence-electron chi connectivity index (χ1n) is 7.72. The zero-order valence-corrected chi connectivity index (χ0v) is 13.2. The molecule has 1 aliphatic rings. The summed E-state index contributed by atoms with van der Waals surface area (Å²) in [6.07, 6.45) is 0.549. The van der Waals surface area contributed by atoms with Gasteiger partial charge in [-0.3, -0.25) is 9.69 Å². The molecule has 1 atom stereocenters. The fraction of sp³-hybridized carbons (Fsp3) is 0.588. The standard InChI is InChI=1S/C17H25NO3/c1-4-16(19)15-7-5-6-8-17(15)21-12-14-11-18(13(2)3)9-10-20-14/h5-8,13-14H,4,9-12H2,1-3H3. The Hall–Kier alpha value is -1.39. The van der Waals surface area contributed by atoms with Gasteiger partial charge >= 0.3 is 0 Å². The highest BCUT2D eigenvalue weighted by atomic mass is 16.5. The monoisotopic (exact) mass is 291 g/mol. The molecule has 2 rings (SSSR count). The highest BCUT2D eigenvalue weighted by molar-refractivity contribution is 5.98. The maximum absolute atomic E-state index is 11.9. The summed E-state index contributed by atoms with van der Waals surface area (Å²) < 4.78 is 11.6. The molecule has 116 valence electrons. The van der Waals surface area contributed by atoms with E-state index >= 15 is 0 Å². The van der Waals surface area contributed by atoms with Crippen molar-refractivity contribution in [1.82, 2.24) is 4.90 Å². The van der Waals surface area contributed by atoms with Crippen molar-refractivity contribution in [3.05, 3.63) is 29.8 Å². The van der Waals surface area contributed by atoms with Gasteiger partial charge in [-0.15, -0.1) is 0 Å². The minimum absolute atomic E-state index is 0.0611. The summed E-state index contributed by atoms with van der Waals surface area (Å²) in [6.45, 7) is 9.32. The van der Waals surface area contributed by atoms with Crippen LogP contribution in [0, 0.1) is 0 Å². The molecule has 1 aromatic rings. The van der Waals surface area contributed by atoms with Crippen LogP contribution in [0.5, 0.6) is 5.75 Å². The smallest absolute Gasteiger partial charge is 0.166 e. The van der Waals surface area contributed by atoms with Crippen LogP contribution in [-0.4, -0.2) is 49.1 Å². The minimum atomic E-state index is 0.0611. The average molecular weight is 291 g/mol. The summed E-state index contributed by atoms with van der Waals surface area (Å²) in [7, 11) is 0. The fourth-order valence-corrected chi connectivity index (χ4v) is 2.51. The molecule has 1 aromatic carbocycles. The molecular formula is C17H25NO3. The van der Waals surface area contributed by atoms with Gasteiger partial charge in [0.2, 0.25) is 0 Å². The number of para-hydroxylation sites is 1. The molecule has 1 heterocycles. The van der Waals surface area contributed by atoms with Crippen LogP contribution in [0.25, 0.3) is 0 Å². The molecule has 1 unspecified atom stereocenters. The minimum Gasteiger partial charge on any atom is -0.490 e. The zero-order valence-electron chi connectivity index (χ0n) is 13.2. The number of hydrogen-bond donors (Lipinski definition) is 0. The van der Waals surface area contributed by atoms with Gasteiger partial charge in [0.05, 0.1) is 12.2 Å². The molecule has 4 nitrogen and oxygen atoms in total. The van der Waals surface area contributed by atoms with E-state index in [1.165, 1.54) is 0 Å². The van der Waals surface area contributed by atoms with E-state index in [9.17, 15) is 4.79 Å². The number of nitrogens with zero attached hydrogens (tertiary/aromatic N) is 1. The highest BCUT2D eigenvalue weighted by Crippen LogP contribution is 2.20. The Bertz CT molecular complexity index is 473. The van der Waals surface area contributed by atoms with Crippen molar-refractivity contribution in [3.8, 4) is 5.75 Å². The van der Waals surface area contributed by atoms with E-state index in [0.717, 1.165) is 19.7 Å². The van der Waals surface area contributed by atoms with Crippen molar-refractivity contribution in [2.45, 2.75) is 39.3 Å². The maximum Gasteiger partial charge on any atom is 0.166 e. The van der Waals surface area contributed by atoms with E-state index in [0.29, 0.717) is 30.4 Å². The van der Waals surface area contributed by atoms with Crippen LogP contribution in [0.1, 0.15) is 37.6 Å². The average Bonchev–Trinajstić information content (AvgIpc) is 2.52. The Morgan fingerprint density at radius 3 is 2.90 bits per heavy atom. The molecular weight excluding hydrogens is 266 g/mol. The van der Waals surface area contributed by atoms with E-state index in [-0.39, 0.29) is 11.9 Å². The molecule has 1 saturated heterocycles. The number of hydrogen-bond acceptors (Lipinski definition) is 4. The molecule has 0 aromatic heterocycles. The number of carbonyl (C=O) groups excluding carboxylic acids is 1. The van der Waals surface area contributed by atoms with Crippen LogP contribution in [0.15, 0.2) is 24.3 Å². The number of carbonyl (C=O) groups is 1. The Balaban J connectivity index is 1.95. The van der Waals surface area contributed by atoms with Crippen LogP contribution < -0.4 is 4.74 Å². The SMILES string of the molecule is CCC(=O)c1ccccc1OCC1CN(C(C)C)CCO1. The molecule has 0 saturated carbocycles. The van der Waals surface area contributed by atoms with Crippen molar-refractivity contribution in [3.63, 3.8) is 0 Å². The lowest BCUT2D eigenvalue weighted by Gasteiger charge is -2.35. The normalized spacial score (nSPS) is 19.7. The van der Waals surface area contributed by atoms with Gasteiger partial charge in [0.25, 0.3) is 0 Å². The molecule has 4 heteroatoms. The summed E-state index contributed by atoms with van der Waals surface area (Å²) in [4.78, 5) is 14.3. The second-order valence-corrected chi connectivity index (χ2v) is 5.67. The third kappa shape index (κ3) is 4.29. The third-order valence-electron chi connectivity index (χ3n) is 3.83. The van der Waals surface area contributed by atoms with Crippen molar-refractivity contribution in [1.29, 1.82) is 0 Å². The molecule has 0 amide bonds. The number of ether oxygens (including phenoxy) is 2. The first kappa shape index (κ1) is 16.0. The lowest BCUT2D eigenvalue weighted by Crippen LogP contribution is -2.47. The van der Waals surface area contributed by atoms with E-state index in [4.69, 9.17) is 9.47 Å². The molecule has 0 N–H and O–H groups in total. The van der Waals surface area contributed by atoms with E-state index in [1.807, 2.05) is 31.2 Å². The quantitative estimate of drug-likeness (QED) is 0.756. The largest absolute Gasteiger partial charge is 0.490 e. The van der Waals surface area contributed by atoms with Gasteiger partial charge in [0, 0.05) is 25.6 Å². The molecule has 0 bridgehead atoms. The zero-order chi connectivity index (χ0) is 15.2. The van der Waals surface area contributed by atoms with Gasteiger partial charge in [-0.1, -0.05) is 19.1 Å². The lowest BCUT2D eigenvalue weighted by molar-refractivity contribution is -0.0565. The Kier molecular flexibility index (Phi) is 5.76. The highest BCUT2D eigenvalue weighted by Gasteiger charge is 2.23. The molecule has 1 fully saturated rings. The van der Waals surface area contributed by atoms with Crippen LogP contribution in [0.3, 0.4) is 0 Å². The first-order chi connectivity index (χ1) is 10.1. The van der Waals surface area contributed by atoms with Crippen LogP contribution in [0.4, 0.5) is 0 Å². The predicted octanol–water partition coefficient (Wildman–Crippen LogP) is 2.77. The number of Topliss-reactive ketones (excluding diaryl/α,β-unsaturated/α-hetero) is 1. The van der Waals surface area contributed by atoms with Gasteiger partial charge in [0.15, 0.2) is 5.78 Å². The first-order valence-corrected chi connectivity index (χ1v) is 7.72. The summed E-state index contributed by atoms with van der Waals surface area (Å²) in [5, 5.41) is 0. The van der Waals surface area contributed by atoms with Gasteiger partial charge < -0.3 is 9.47 Å². The van der Waals surface area contributed by atoms with Gasteiger partial charge in [-0.05, 0) is 26.0 Å². The van der Waals surface area contributed by atoms with Crippen LogP contribution in [-0.2, 0) is 4.74 Å². The third-order valence-corrected chi connectivity index (χ3v) is 3.83. The van der Waals surface area contributed by atoms with Crippen molar-refractivity contribution in [2.75, 3.05) is 26.3 Å². The number of morpholine rings is 1. The lowest BCUT2D eigenvalue weighted by atomic mass is 10.1. The number of rotatable bonds is 6. The van der Waals surface area contributed by atoms with Crippen LogP contribution >= 0.6 is 0 Å².